The van der Waals surface area contributed by atoms with Gasteiger partial charge in [0.15, 0.2) is 0 Å². The Hall–Kier alpha value is -2.39. The zero-order valence-corrected chi connectivity index (χ0v) is 17.2. The number of hydrogen-bond acceptors (Lipinski definition) is 5. The molecule has 152 valence electrons. The van der Waals surface area contributed by atoms with Crippen molar-refractivity contribution in [2.24, 2.45) is 7.05 Å². The normalized spacial score (nSPS) is 16.2. The number of benzene rings is 1. The third-order valence-electron chi connectivity index (χ3n) is 4.53. The van der Waals surface area contributed by atoms with Gasteiger partial charge in [0.05, 0.1) is 12.3 Å². The number of aromatic nitrogens is 2. The molecule has 0 unspecified atom stereocenters. The molecule has 0 radical (unpaired) electrons. The van der Waals surface area contributed by atoms with Gasteiger partial charge in [0.1, 0.15) is 10.6 Å². The number of hydrogen-bond donors (Lipinski definition) is 0. The zero-order chi connectivity index (χ0) is 20.3. The van der Waals surface area contributed by atoms with Crippen LogP contribution in [-0.2, 0) is 17.1 Å². The molecule has 0 atom stereocenters. The minimum Gasteiger partial charge on any atom is -0.491 e. The van der Waals surface area contributed by atoms with E-state index in [4.69, 9.17) is 4.74 Å². The fourth-order valence-electron chi connectivity index (χ4n) is 3.15. The van der Waals surface area contributed by atoms with E-state index in [-0.39, 0.29) is 23.5 Å². The Kier molecular flexibility index (Phi) is 6.04. The molecular weight excluding hydrogens is 380 g/mol. The Bertz CT molecular complexity index is 922. The predicted octanol–water partition coefficient (Wildman–Crippen LogP) is 1.74. The molecule has 1 fully saturated rings. The summed E-state index contributed by atoms with van der Waals surface area (Å²) in [4.78, 5) is 14.7. The molecule has 1 aliphatic heterocycles. The number of carbonyl (C=O) groups excluding carboxylic acids is 1. The number of amides is 1. The van der Waals surface area contributed by atoms with Crippen molar-refractivity contribution in [3.8, 4) is 5.75 Å². The van der Waals surface area contributed by atoms with Gasteiger partial charge in [0.25, 0.3) is 5.91 Å². The van der Waals surface area contributed by atoms with Crippen LogP contribution >= 0.6 is 0 Å². The fraction of sp³-hybridized carbons (Fsp3) is 0.474. The molecule has 0 aliphatic carbocycles. The van der Waals surface area contributed by atoms with Gasteiger partial charge in [-0.15, -0.1) is 0 Å². The van der Waals surface area contributed by atoms with Crippen LogP contribution in [0.3, 0.4) is 0 Å². The van der Waals surface area contributed by atoms with Crippen molar-refractivity contribution in [1.82, 2.24) is 19.0 Å². The highest BCUT2D eigenvalue weighted by molar-refractivity contribution is 7.89. The third kappa shape index (κ3) is 4.53. The van der Waals surface area contributed by atoms with Crippen molar-refractivity contribution in [2.45, 2.75) is 31.3 Å². The summed E-state index contributed by atoms with van der Waals surface area (Å²) in [6.07, 6.45) is 3.49. The molecule has 0 saturated carbocycles. The van der Waals surface area contributed by atoms with Crippen LogP contribution in [0, 0.1) is 0 Å². The van der Waals surface area contributed by atoms with E-state index in [1.165, 1.54) is 21.4 Å². The van der Waals surface area contributed by atoms with Gasteiger partial charge in [-0.2, -0.15) is 9.40 Å². The van der Waals surface area contributed by atoms with E-state index in [1.807, 2.05) is 13.8 Å². The summed E-state index contributed by atoms with van der Waals surface area (Å²) in [7, 11) is -1.92. The molecule has 0 bridgehead atoms. The second kappa shape index (κ2) is 8.32. The van der Waals surface area contributed by atoms with Crippen LogP contribution in [0.4, 0.5) is 0 Å². The summed E-state index contributed by atoms with van der Waals surface area (Å²) in [6, 6.07) is 7.05. The van der Waals surface area contributed by atoms with Gasteiger partial charge in [0, 0.05) is 45.0 Å². The maximum Gasteiger partial charge on any atom is 0.253 e. The number of nitrogens with zero attached hydrogens (tertiary/aromatic N) is 4. The molecule has 1 amide bonds. The first-order valence-electron chi connectivity index (χ1n) is 9.32. The molecule has 9 heteroatoms. The van der Waals surface area contributed by atoms with E-state index in [0.717, 1.165) is 5.75 Å². The highest BCUT2D eigenvalue weighted by atomic mass is 32.2. The van der Waals surface area contributed by atoms with Crippen LogP contribution in [0.2, 0.25) is 0 Å². The van der Waals surface area contributed by atoms with Crippen LogP contribution in [0.25, 0.3) is 0 Å². The summed E-state index contributed by atoms with van der Waals surface area (Å²) < 4.78 is 34.1. The SMILES string of the molecule is CC(C)Oc1ccc(C(=O)N2CCCN(S(=O)(=O)c3cnn(C)c3)CC2)cc1. The largest absolute Gasteiger partial charge is 0.491 e. The van der Waals surface area contributed by atoms with E-state index >= 15 is 0 Å². The summed E-state index contributed by atoms with van der Waals surface area (Å²) in [5.74, 6) is 0.618. The molecule has 8 nitrogen and oxygen atoms in total. The van der Waals surface area contributed by atoms with E-state index in [0.29, 0.717) is 31.6 Å². The topological polar surface area (TPSA) is 84.7 Å². The summed E-state index contributed by atoms with van der Waals surface area (Å²) in [5, 5.41) is 3.94. The average Bonchev–Trinajstić information content (AvgIpc) is 2.94. The van der Waals surface area contributed by atoms with Gasteiger partial charge < -0.3 is 9.64 Å². The van der Waals surface area contributed by atoms with Crippen LogP contribution in [0.1, 0.15) is 30.6 Å². The second-order valence-electron chi connectivity index (χ2n) is 7.09. The Balaban J connectivity index is 1.67. The number of carbonyl (C=O) groups is 1. The summed E-state index contributed by atoms with van der Waals surface area (Å²) >= 11 is 0. The quantitative estimate of drug-likeness (QED) is 0.755. The zero-order valence-electron chi connectivity index (χ0n) is 16.4. The number of rotatable bonds is 5. The van der Waals surface area contributed by atoms with Gasteiger partial charge in [-0.05, 0) is 44.5 Å². The van der Waals surface area contributed by atoms with Crippen molar-refractivity contribution >= 4 is 15.9 Å². The molecular formula is C19H26N4O4S. The lowest BCUT2D eigenvalue weighted by molar-refractivity contribution is 0.0764. The summed E-state index contributed by atoms with van der Waals surface area (Å²) in [5.41, 5.74) is 0.569. The molecule has 2 heterocycles. The van der Waals surface area contributed by atoms with E-state index < -0.39 is 10.0 Å². The van der Waals surface area contributed by atoms with Crippen molar-refractivity contribution in [1.29, 1.82) is 0 Å². The number of aryl methyl sites for hydroxylation is 1. The Morgan fingerprint density at radius 1 is 1.11 bits per heavy atom. The highest BCUT2D eigenvalue weighted by Gasteiger charge is 2.29. The molecule has 3 rings (SSSR count). The molecule has 28 heavy (non-hydrogen) atoms. The van der Waals surface area contributed by atoms with Crippen LogP contribution in [0.15, 0.2) is 41.6 Å². The summed E-state index contributed by atoms with van der Waals surface area (Å²) in [6.45, 7) is 5.40. The van der Waals surface area contributed by atoms with Crippen LogP contribution in [0.5, 0.6) is 5.75 Å². The van der Waals surface area contributed by atoms with Gasteiger partial charge in [-0.1, -0.05) is 0 Å². The van der Waals surface area contributed by atoms with Gasteiger partial charge in [-0.3, -0.25) is 9.48 Å². The molecule has 1 saturated heterocycles. The van der Waals surface area contributed by atoms with Crippen molar-refractivity contribution < 1.29 is 17.9 Å². The average molecular weight is 407 g/mol. The lowest BCUT2D eigenvalue weighted by Gasteiger charge is -2.22. The van der Waals surface area contributed by atoms with Crippen molar-refractivity contribution in [3.63, 3.8) is 0 Å². The molecule has 1 aromatic carbocycles. The number of ether oxygens (including phenoxy) is 1. The monoisotopic (exact) mass is 406 g/mol. The smallest absolute Gasteiger partial charge is 0.253 e. The van der Waals surface area contributed by atoms with Crippen molar-refractivity contribution in [3.05, 3.63) is 42.2 Å². The fourth-order valence-corrected chi connectivity index (χ4v) is 4.60. The predicted molar refractivity (Wildman–Crippen MR) is 105 cm³/mol. The van der Waals surface area contributed by atoms with Crippen LogP contribution in [-0.4, -0.2) is 65.6 Å². The Morgan fingerprint density at radius 2 is 1.82 bits per heavy atom. The molecule has 1 aromatic heterocycles. The minimum atomic E-state index is -3.60. The molecule has 1 aliphatic rings. The second-order valence-corrected chi connectivity index (χ2v) is 9.03. The lowest BCUT2D eigenvalue weighted by atomic mass is 10.2. The maximum atomic E-state index is 12.8. The van der Waals surface area contributed by atoms with Gasteiger partial charge in [-0.25, -0.2) is 8.42 Å². The maximum absolute atomic E-state index is 12.8. The van der Waals surface area contributed by atoms with Crippen molar-refractivity contribution in [2.75, 3.05) is 26.2 Å². The molecule has 0 spiro atoms. The first-order valence-corrected chi connectivity index (χ1v) is 10.8. The van der Waals surface area contributed by atoms with E-state index in [1.54, 1.807) is 36.2 Å². The first-order chi connectivity index (χ1) is 13.3. The standard InChI is InChI=1S/C19H26N4O4S/c1-15(2)27-17-7-5-16(6-8-17)19(24)22-9-4-10-23(12-11-22)28(25,26)18-13-20-21(3)14-18/h5-8,13-15H,4,9-12H2,1-3H3. The van der Waals surface area contributed by atoms with E-state index in [2.05, 4.69) is 5.10 Å². The first kappa shape index (κ1) is 20.3. The molecule has 0 N–H and O–H groups in total. The number of sulfonamides is 1. The minimum absolute atomic E-state index is 0.0694. The highest BCUT2D eigenvalue weighted by Crippen LogP contribution is 2.19. The lowest BCUT2D eigenvalue weighted by Crippen LogP contribution is -2.37. The van der Waals surface area contributed by atoms with Gasteiger partial charge >= 0.3 is 0 Å². The third-order valence-corrected chi connectivity index (χ3v) is 6.39. The van der Waals surface area contributed by atoms with Gasteiger partial charge in [0.2, 0.25) is 10.0 Å². The Morgan fingerprint density at radius 3 is 2.43 bits per heavy atom. The Labute approximate surface area is 165 Å². The van der Waals surface area contributed by atoms with Crippen LogP contribution < -0.4 is 4.74 Å². The van der Waals surface area contributed by atoms with E-state index in [9.17, 15) is 13.2 Å². The molecule has 2 aromatic rings.